The van der Waals surface area contributed by atoms with Gasteiger partial charge in [0.25, 0.3) is 0 Å². The zero-order chi connectivity index (χ0) is 17.9. The molecule has 4 heterocycles. The maximum Gasteiger partial charge on any atom is 0.146 e. The molecule has 0 N–H and O–H groups in total. The van der Waals surface area contributed by atoms with Crippen molar-refractivity contribution in [2.75, 3.05) is 26.2 Å². The van der Waals surface area contributed by atoms with Gasteiger partial charge in [0, 0.05) is 39.0 Å². The quantitative estimate of drug-likeness (QED) is 0.818. The van der Waals surface area contributed by atoms with Gasteiger partial charge < -0.3 is 9.13 Å². The van der Waals surface area contributed by atoms with Crippen molar-refractivity contribution in [3.05, 3.63) is 29.9 Å². The Kier molecular flexibility index (Phi) is 5.36. The average molecular weight is 358 g/mol. The third-order valence-corrected chi connectivity index (χ3v) is 5.97. The van der Waals surface area contributed by atoms with Crippen molar-refractivity contribution in [1.82, 2.24) is 34.1 Å². The predicted molar refractivity (Wildman–Crippen MR) is 101 cm³/mol. The van der Waals surface area contributed by atoms with Crippen LogP contribution in [0, 0.1) is 0 Å². The second kappa shape index (κ2) is 7.88. The Bertz CT molecular complexity index is 713. The van der Waals surface area contributed by atoms with Gasteiger partial charge in [0.2, 0.25) is 0 Å². The van der Waals surface area contributed by atoms with Crippen LogP contribution in [-0.2, 0) is 27.2 Å². The lowest BCUT2D eigenvalue weighted by Crippen LogP contribution is -2.35. The van der Waals surface area contributed by atoms with Crippen molar-refractivity contribution in [2.24, 2.45) is 14.1 Å². The van der Waals surface area contributed by atoms with E-state index < -0.39 is 0 Å². The number of rotatable bonds is 5. The summed E-state index contributed by atoms with van der Waals surface area (Å²) in [6.45, 7) is 6.43. The first-order valence-corrected chi connectivity index (χ1v) is 10.00. The SMILES string of the molecule is Cn1ccnc1CN1CCC[C@H](c2nnc(CN3CCCCC3)n2C)C1. The smallest absolute Gasteiger partial charge is 0.146 e. The van der Waals surface area contributed by atoms with Crippen molar-refractivity contribution >= 4 is 0 Å². The number of imidazole rings is 1. The first-order chi connectivity index (χ1) is 12.7. The van der Waals surface area contributed by atoms with Crippen LogP contribution >= 0.6 is 0 Å². The van der Waals surface area contributed by atoms with E-state index in [1.54, 1.807) is 0 Å². The fourth-order valence-corrected chi connectivity index (χ4v) is 4.34. The summed E-state index contributed by atoms with van der Waals surface area (Å²) in [6.07, 6.45) is 10.3. The fourth-order valence-electron chi connectivity index (χ4n) is 4.34. The molecule has 2 aromatic heterocycles. The molecule has 2 aromatic rings. The Morgan fingerprint density at radius 3 is 2.46 bits per heavy atom. The monoisotopic (exact) mass is 357 g/mol. The van der Waals surface area contributed by atoms with Gasteiger partial charge in [-0.3, -0.25) is 9.80 Å². The summed E-state index contributed by atoms with van der Waals surface area (Å²) >= 11 is 0. The van der Waals surface area contributed by atoms with Crippen LogP contribution in [0.25, 0.3) is 0 Å². The maximum absolute atomic E-state index is 4.59. The lowest BCUT2D eigenvalue weighted by atomic mass is 9.97. The zero-order valence-electron chi connectivity index (χ0n) is 16.1. The van der Waals surface area contributed by atoms with Gasteiger partial charge in [-0.15, -0.1) is 10.2 Å². The molecule has 2 saturated heterocycles. The van der Waals surface area contributed by atoms with Gasteiger partial charge in [-0.05, 0) is 45.3 Å². The molecular formula is C19H31N7. The molecule has 0 bridgehead atoms. The molecule has 7 nitrogen and oxygen atoms in total. The molecule has 0 unspecified atom stereocenters. The Balaban J connectivity index is 1.41. The number of hydrogen-bond acceptors (Lipinski definition) is 5. The molecule has 1 atom stereocenters. The van der Waals surface area contributed by atoms with Crippen LogP contribution in [0.4, 0.5) is 0 Å². The van der Waals surface area contributed by atoms with Crippen molar-refractivity contribution < 1.29 is 0 Å². The highest BCUT2D eigenvalue weighted by atomic mass is 15.3. The summed E-state index contributed by atoms with van der Waals surface area (Å²) in [5.41, 5.74) is 0. The van der Waals surface area contributed by atoms with Gasteiger partial charge in [-0.25, -0.2) is 4.98 Å². The van der Waals surface area contributed by atoms with Crippen LogP contribution in [0.3, 0.4) is 0 Å². The highest BCUT2D eigenvalue weighted by Crippen LogP contribution is 2.27. The number of piperidine rings is 2. The van der Waals surface area contributed by atoms with Crippen molar-refractivity contribution in [3.8, 4) is 0 Å². The third kappa shape index (κ3) is 3.83. The summed E-state index contributed by atoms with van der Waals surface area (Å²) in [6, 6.07) is 0. The topological polar surface area (TPSA) is 55.0 Å². The number of likely N-dealkylation sites (tertiary alicyclic amines) is 2. The molecule has 2 fully saturated rings. The van der Waals surface area contributed by atoms with Crippen LogP contribution in [-0.4, -0.2) is 60.3 Å². The molecule has 7 heteroatoms. The summed E-state index contributed by atoms with van der Waals surface area (Å²) < 4.78 is 4.37. The highest BCUT2D eigenvalue weighted by molar-refractivity contribution is 5.05. The molecule has 0 saturated carbocycles. The summed E-state index contributed by atoms with van der Waals surface area (Å²) in [7, 11) is 4.21. The molecule has 2 aliphatic heterocycles. The van der Waals surface area contributed by atoms with Crippen molar-refractivity contribution in [2.45, 2.75) is 51.1 Å². The molecule has 0 amide bonds. The van der Waals surface area contributed by atoms with E-state index >= 15 is 0 Å². The third-order valence-electron chi connectivity index (χ3n) is 5.97. The molecule has 2 aliphatic rings. The van der Waals surface area contributed by atoms with Gasteiger partial charge in [-0.1, -0.05) is 6.42 Å². The summed E-state index contributed by atoms with van der Waals surface area (Å²) in [5.74, 6) is 3.87. The Morgan fingerprint density at radius 2 is 1.69 bits per heavy atom. The van der Waals surface area contributed by atoms with Crippen LogP contribution < -0.4 is 0 Å². The fraction of sp³-hybridized carbons (Fsp3) is 0.737. The van der Waals surface area contributed by atoms with E-state index in [0.29, 0.717) is 5.92 Å². The summed E-state index contributed by atoms with van der Waals surface area (Å²) in [5, 5.41) is 9.13. The van der Waals surface area contributed by atoms with E-state index in [-0.39, 0.29) is 0 Å². The van der Waals surface area contributed by atoms with Crippen LogP contribution in [0.1, 0.15) is 55.5 Å². The van der Waals surface area contributed by atoms with Crippen LogP contribution in [0.5, 0.6) is 0 Å². The van der Waals surface area contributed by atoms with E-state index in [9.17, 15) is 0 Å². The summed E-state index contributed by atoms with van der Waals surface area (Å²) in [4.78, 5) is 9.51. The molecule has 0 aromatic carbocycles. The van der Waals surface area contributed by atoms with Crippen molar-refractivity contribution in [3.63, 3.8) is 0 Å². The highest BCUT2D eigenvalue weighted by Gasteiger charge is 2.27. The van der Waals surface area contributed by atoms with Crippen LogP contribution in [0.2, 0.25) is 0 Å². The minimum absolute atomic E-state index is 0.469. The average Bonchev–Trinajstić information content (AvgIpc) is 3.22. The first-order valence-electron chi connectivity index (χ1n) is 10.00. The number of nitrogens with zero attached hydrogens (tertiary/aromatic N) is 7. The number of hydrogen-bond donors (Lipinski definition) is 0. The van der Waals surface area contributed by atoms with E-state index in [1.807, 2.05) is 12.4 Å². The van der Waals surface area contributed by atoms with E-state index in [2.05, 4.69) is 48.2 Å². The minimum atomic E-state index is 0.469. The van der Waals surface area contributed by atoms with Crippen molar-refractivity contribution in [1.29, 1.82) is 0 Å². The Labute approximate surface area is 156 Å². The van der Waals surface area contributed by atoms with E-state index in [0.717, 1.165) is 43.7 Å². The first kappa shape index (κ1) is 17.7. The minimum Gasteiger partial charge on any atom is -0.337 e. The van der Waals surface area contributed by atoms with E-state index in [1.165, 1.54) is 45.2 Å². The van der Waals surface area contributed by atoms with Crippen LogP contribution in [0.15, 0.2) is 12.4 Å². The van der Waals surface area contributed by atoms with Gasteiger partial charge in [0.1, 0.15) is 17.5 Å². The Morgan fingerprint density at radius 1 is 0.923 bits per heavy atom. The molecule has 0 radical (unpaired) electrons. The molecular weight excluding hydrogens is 326 g/mol. The predicted octanol–water partition coefficient (Wildman–Crippen LogP) is 1.91. The van der Waals surface area contributed by atoms with E-state index in [4.69, 9.17) is 0 Å². The molecule has 142 valence electrons. The number of aryl methyl sites for hydroxylation is 1. The second-order valence-corrected chi connectivity index (χ2v) is 7.90. The second-order valence-electron chi connectivity index (χ2n) is 7.90. The van der Waals surface area contributed by atoms with Gasteiger partial charge >= 0.3 is 0 Å². The number of aromatic nitrogens is 5. The molecule has 0 spiro atoms. The normalized spacial score (nSPS) is 22.8. The zero-order valence-corrected chi connectivity index (χ0v) is 16.1. The van der Waals surface area contributed by atoms with Gasteiger partial charge in [-0.2, -0.15) is 0 Å². The Hall–Kier alpha value is -1.73. The lowest BCUT2D eigenvalue weighted by Gasteiger charge is -2.32. The molecule has 4 rings (SSSR count). The van der Waals surface area contributed by atoms with Gasteiger partial charge in [0.15, 0.2) is 0 Å². The molecule has 0 aliphatic carbocycles. The largest absolute Gasteiger partial charge is 0.337 e. The maximum atomic E-state index is 4.59. The van der Waals surface area contributed by atoms with Gasteiger partial charge in [0.05, 0.1) is 13.1 Å². The lowest BCUT2D eigenvalue weighted by molar-refractivity contribution is 0.188. The standard InChI is InChI=1S/C19H31N7/c1-23-12-8-20-17(23)14-26-11-6-7-16(13-26)19-22-21-18(24(19)2)15-25-9-4-3-5-10-25/h8,12,16H,3-7,9-11,13-15H2,1-2H3/t16-/m0/s1. The molecule has 26 heavy (non-hydrogen) atoms.